The molecule has 1 aromatic rings. The molecular formula is C7H10N2. The van der Waals surface area contributed by atoms with Crippen molar-refractivity contribution in [1.82, 2.24) is 9.97 Å². The molecule has 0 unspecified atom stereocenters. The van der Waals surface area contributed by atoms with E-state index >= 15 is 0 Å². The van der Waals surface area contributed by atoms with Crippen molar-refractivity contribution in [3.05, 3.63) is 24.3 Å². The van der Waals surface area contributed by atoms with Gasteiger partial charge in [-0.2, -0.15) is 0 Å². The van der Waals surface area contributed by atoms with Crippen LogP contribution in [0.4, 0.5) is 0 Å². The van der Waals surface area contributed by atoms with Gasteiger partial charge in [-0.1, -0.05) is 6.58 Å². The van der Waals surface area contributed by atoms with E-state index < -0.39 is 0 Å². The quantitative estimate of drug-likeness (QED) is 0.604. The minimum Gasteiger partial charge on any atom is -0.343 e. The van der Waals surface area contributed by atoms with Crippen molar-refractivity contribution in [3.8, 4) is 0 Å². The number of hydrogen-bond acceptors (Lipinski definition) is 1. The molecular weight excluding hydrogens is 112 g/mol. The number of aromatic nitrogens is 2. The smallest absolute Gasteiger partial charge is 0.103 e. The third-order valence-electron chi connectivity index (χ3n) is 1.16. The van der Waals surface area contributed by atoms with Gasteiger partial charge in [-0.05, 0) is 19.4 Å². The average Bonchev–Trinajstić information content (AvgIpc) is 2.14. The molecule has 0 bridgehead atoms. The predicted molar refractivity (Wildman–Crippen MR) is 38.0 cm³/mol. The SMILES string of the molecule is C=C(C)c1cnc(C)[nH]1. The lowest BCUT2D eigenvalue weighted by molar-refractivity contribution is 1.14. The standard InChI is InChI=1S/C7H10N2/c1-5(2)7-4-8-6(3)9-7/h4H,1H2,2-3H3,(H,8,9). The first kappa shape index (κ1) is 6.08. The Morgan fingerprint density at radius 2 is 2.44 bits per heavy atom. The van der Waals surface area contributed by atoms with Gasteiger partial charge in [-0.25, -0.2) is 4.98 Å². The molecule has 0 aromatic carbocycles. The van der Waals surface area contributed by atoms with E-state index in [9.17, 15) is 0 Å². The van der Waals surface area contributed by atoms with Gasteiger partial charge >= 0.3 is 0 Å². The van der Waals surface area contributed by atoms with Crippen molar-refractivity contribution >= 4 is 5.57 Å². The van der Waals surface area contributed by atoms with Gasteiger partial charge in [0.2, 0.25) is 0 Å². The molecule has 0 spiro atoms. The van der Waals surface area contributed by atoms with Gasteiger partial charge < -0.3 is 4.98 Å². The number of allylic oxidation sites excluding steroid dienone is 1. The highest BCUT2D eigenvalue weighted by Crippen LogP contribution is 2.06. The normalized spacial score (nSPS) is 9.56. The second-order valence-corrected chi connectivity index (χ2v) is 2.16. The molecule has 0 saturated heterocycles. The molecule has 1 N–H and O–H groups in total. The van der Waals surface area contributed by atoms with Crippen molar-refractivity contribution in [3.63, 3.8) is 0 Å². The molecule has 2 heteroatoms. The van der Waals surface area contributed by atoms with Gasteiger partial charge in [0.15, 0.2) is 0 Å². The van der Waals surface area contributed by atoms with E-state index in [1.165, 1.54) is 0 Å². The highest BCUT2D eigenvalue weighted by Gasteiger charge is 1.93. The molecule has 0 aliphatic heterocycles. The van der Waals surface area contributed by atoms with Crippen molar-refractivity contribution in [2.24, 2.45) is 0 Å². The Kier molecular flexibility index (Phi) is 1.39. The summed E-state index contributed by atoms with van der Waals surface area (Å²) in [6.45, 7) is 7.64. The number of nitrogens with one attached hydrogen (secondary N) is 1. The Morgan fingerprint density at radius 1 is 1.78 bits per heavy atom. The Hall–Kier alpha value is -1.05. The van der Waals surface area contributed by atoms with Crippen LogP contribution in [0.3, 0.4) is 0 Å². The number of aryl methyl sites for hydroxylation is 1. The van der Waals surface area contributed by atoms with Crippen LogP contribution >= 0.6 is 0 Å². The van der Waals surface area contributed by atoms with Crippen LogP contribution in [0.2, 0.25) is 0 Å². The Labute approximate surface area is 54.6 Å². The van der Waals surface area contributed by atoms with Crippen LogP contribution in [0, 0.1) is 6.92 Å². The van der Waals surface area contributed by atoms with E-state index in [2.05, 4.69) is 16.5 Å². The molecule has 1 heterocycles. The summed E-state index contributed by atoms with van der Waals surface area (Å²) < 4.78 is 0. The number of hydrogen-bond donors (Lipinski definition) is 1. The Balaban J connectivity index is 2.98. The molecule has 0 aliphatic rings. The first-order valence-corrected chi connectivity index (χ1v) is 2.87. The molecule has 0 atom stereocenters. The summed E-state index contributed by atoms with van der Waals surface area (Å²) in [5.74, 6) is 0.938. The van der Waals surface area contributed by atoms with E-state index in [0.717, 1.165) is 17.1 Å². The minimum absolute atomic E-state index is 0.938. The zero-order chi connectivity index (χ0) is 6.85. The summed E-state index contributed by atoms with van der Waals surface area (Å²) in [6.07, 6.45) is 1.79. The first-order valence-electron chi connectivity index (χ1n) is 2.87. The number of aromatic amines is 1. The monoisotopic (exact) mass is 122 g/mol. The lowest BCUT2D eigenvalue weighted by atomic mass is 10.3. The van der Waals surface area contributed by atoms with Crippen molar-refractivity contribution in [1.29, 1.82) is 0 Å². The second-order valence-electron chi connectivity index (χ2n) is 2.16. The summed E-state index contributed by atoms with van der Waals surface area (Å²) in [5, 5.41) is 0. The average molecular weight is 122 g/mol. The number of imidazole rings is 1. The van der Waals surface area contributed by atoms with E-state index in [1.807, 2.05) is 13.8 Å². The summed E-state index contributed by atoms with van der Waals surface area (Å²) in [7, 11) is 0. The zero-order valence-corrected chi connectivity index (χ0v) is 5.73. The molecule has 0 fully saturated rings. The number of H-pyrrole nitrogens is 1. The van der Waals surface area contributed by atoms with E-state index in [4.69, 9.17) is 0 Å². The molecule has 1 rings (SSSR count). The molecule has 0 aliphatic carbocycles. The van der Waals surface area contributed by atoms with Gasteiger partial charge in [-0.3, -0.25) is 0 Å². The maximum atomic E-state index is 4.02. The van der Waals surface area contributed by atoms with E-state index in [1.54, 1.807) is 6.20 Å². The predicted octanol–water partition coefficient (Wildman–Crippen LogP) is 1.75. The van der Waals surface area contributed by atoms with Crippen LogP contribution in [-0.4, -0.2) is 9.97 Å². The number of nitrogens with zero attached hydrogens (tertiary/aromatic N) is 1. The molecule has 1 aromatic heterocycles. The number of rotatable bonds is 1. The van der Waals surface area contributed by atoms with Crippen molar-refractivity contribution in [2.45, 2.75) is 13.8 Å². The fourth-order valence-corrected chi connectivity index (χ4v) is 0.638. The molecule has 0 amide bonds. The molecule has 2 nitrogen and oxygen atoms in total. The van der Waals surface area contributed by atoms with Crippen LogP contribution < -0.4 is 0 Å². The molecule has 9 heavy (non-hydrogen) atoms. The summed E-state index contributed by atoms with van der Waals surface area (Å²) in [4.78, 5) is 7.09. The highest BCUT2D eigenvalue weighted by atomic mass is 14.9. The van der Waals surface area contributed by atoms with Gasteiger partial charge in [-0.15, -0.1) is 0 Å². The fourth-order valence-electron chi connectivity index (χ4n) is 0.638. The van der Waals surface area contributed by atoms with Crippen molar-refractivity contribution < 1.29 is 0 Å². The summed E-state index contributed by atoms with van der Waals surface area (Å²) in [6, 6.07) is 0. The van der Waals surface area contributed by atoms with Crippen LogP contribution in [0.5, 0.6) is 0 Å². The Morgan fingerprint density at radius 3 is 2.67 bits per heavy atom. The topological polar surface area (TPSA) is 28.7 Å². The summed E-state index contributed by atoms with van der Waals surface area (Å²) in [5.41, 5.74) is 2.04. The highest BCUT2D eigenvalue weighted by molar-refractivity contribution is 5.56. The van der Waals surface area contributed by atoms with Gasteiger partial charge in [0, 0.05) is 0 Å². The Bertz CT molecular complexity index is 223. The zero-order valence-electron chi connectivity index (χ0n) is 5.73. The minimum atomic E-state index is 0.938. The van der Waals surface area contributed by atoms with Crippen LogP contribution in [-0.2, 0) is 0 Å². The maximum absolute atomic E-state index is 4.02. The molecule has 0 saturated carbocycles. The van der Waals surface area contributed by atoms with Crippen LogP contribution in [0.25, 0.3) is 5.57 Å². The van der Waals surface area contributed by atoms with Gasteiger partial charge in [0.1, 0.15) is 5.82 Å². The third kappa shape index (κ3) is 1.19. The van der Waals surface area contributed by atoms with Crippen LogP contribution in [0.15, 0.2) is 12.8 Å². The fraction of sp³-hybridized carbons (Fsp3) is 0.286. The molecule has 48 valence electrons. The van der Waals surface area contributed by atoms with Gasteiger partial charge in [0.05, 0.1) is 11.9 Å². The lowest BCUT2D eigenvalue weighted by Crippen LogP contribution is -1.75. The maximum Gasteiger partial charge on any atom is 0.103 e. The third-order valence-corrected chi connectivity index (χ3v) is 1.16. The van der Waals surface area contributed by atoms with E-state index in [-0.39, 0.29) is 0 Å². The first-order chi connectivity index (χ1) is 4.20. The largest absolute Gasteiger partial charge is 0.343 e. The van der Waals surface area contributed by atoms with Gasteiger partial charge in [0.25, 0.3) is 0 Å². The van der Waals surface area contributed by atoms with Crippen LogP contribution in [0.1, 0.15) is 18.4 Å². The van der Waals surface area contributed by atoms with E-state index in [0.29, 0.717) is 0 Å². The van der Waals surface area contributed by atoms with Crippen molar-refractivity contribution in [2.75, 3.05) is 0 Å². The lowest BCUT2D eigenvalue weighted by Gasteiger charge is -1.88. The summed E-state index contributed by atoms with van der Waals surface area (Å²) >= 11 is 0. The molecule has 0 radical (unpaired) electrons. The second kappa shape index (κ2) is 2.05.